The summed E-state index contributed by atoms with van der Waals surface area (Å²) in [5.74, 6) is -1.10. The Labute approximate surface area is 214 Å². The Morgan fingerprint density at radius 2 is 1.67 bits per heavy atom. The van der Waals surface area contributed by atoms with Crippen molar-refractivity contribution >= 4 is 46.2 Å². The Hall–Kier alpha value is -3.20. The molecule has 0 saturated heterocycles. The van der Waals surface area contributed by atoms with Gasteiger partial charge >= 0.3 is 18.2 Å². The van der Waals surface area contributed by atoms with Crippen molar-refractivity contribution in [2.45, 2.75) is 52.6 Å². The van der Waals surface area contributed by atoms with Crippen LogP contribution in [0.5, 0.6) is 0 Å². The highest BCUT2D eigenvalue weighted by Gasteiger charge is 2.33. The van der Waals surface area contributed by atoms with Crippen LogP contribution in [-0.4, -0.2) is 30.2 Å². The van der Waals surface area contributed by atoms with E-state index in [4.69, 9.17) is 16.7 Å². The Balaban J connectivity index is 2.42. The zero-order valence-electron chi connectivity index (χ0n) is 20.5. The summed E-state index contributed by atoms with van der Waals surface area (Å²) in [7, 11) is 0. The van der Waals surface area contributed by atoms with Gasteiger partial charge in [-0.15, -0.1) is 0 Å². The van der Waals surface area contributed by atoms with E-state index in [2.05, 4.69) is 29.4 Å². The number of carboxylic acid groups (broad SMARTS) is 1. The molecule has 3 N–H and O–H groups in total. The standard InChI is InChI=1S/C26H31ClF3N3O3/c1-4-6-12-33(13-7-5-2)23-11-8-18(17(3)14-24(34)35)15-22(23)32-25(36)31-19-9-10-21(27)20(16-19)26(28,29)30/h8-11,14-16H,4-7,12-13H2,1-3H3,(H,34,35)(H2,31,32,36)/b17-14+. The summed E-state index contributed by atoms with van der Waals surface area (Å²) >= 11 is 5.67. The largest absolute Gasteiger partial charge is 0.478 e. The predicted molar refractivity (Wildman–Crippen MR) is 139 cm³/mol. The first-order valence-electron chi connectivity index (χ1n) is 11.7. The number of hydrogen-bond acceptors (Lipinski definition) is 3. The zero-order chi connectivity index (χ0) is 26.9. The third-order valence-electron chi connectivity index (χ3n) is 5.47. The van der Waals surface area contributed by atoms with Crippen LogP contribution in [-0.2, 0) is 11.0 Å². The Kier molecular flexibility index (Phi) is 10.6. The van der Waals surface area contributed by atoms with Gasteiger partial charge in [-0.25, -0.2) is 9.59 Å². The molecule has 0 radical (unpaired) electrons. The first kappa shape index (κ1) is 29.0. The summed E-state index contributed by atoms with van der Waals surface area (Å²) in [6.45, 7) is 7.31. The second-order valence-electron chi connectivity index (χ2n) is 8.36. The van der Waals surface area contributed by atoms with E-state index in [-0.39, 0.29) is 5.69 Å². The van der Waals surface area contributed by atoms with Gasteiger partial charge in [0.05, 0.1) is 22.0 Å². The molecule has 0 aromatic heterocycles. The number of hydrogen-bond donors (Lipinski definition) is 3. The van der Waals surface area contributed by atoms with Gasteiger partial charge in [0.15, 0.2) is 0 Å². The lowest BCUT2D eigenvalue weighted by molar-refractivity contribution is -0.137. The number of aliphatic carboxylic acids is 1. The molecule has 0 fully saturated rings. The van der Waals surface area contributed by atoms with Crippen molar-refractivity contribution in [2.75, 3.05) is 28.6 Å². The van der Waals surface area contributed by atoms with Crippen molar-refractivity contribution in [2.24, 2.45) is 0 Å². The fraction of sp³-hybridized carbons (Fsp3) is 0.385. The number of carboxylic acids is 1. The third-order valence-corrected chi connectivity index (χ3v) is 5.80. The highest BCUT2D eigenvalue weighted by atomic mass is 35.5. The molecule has 6 nitrogen and oxygen atoms in total. The molecule has 0 atom stereocenters. The quantitative estimate of drug-likeness (QED) is 0.260. The van der Waals surface area contributed by atoms with E-state index in [1.54, 1.807) is 19.1 Å². The van der Waals surface area contributed by atoms with E-state index >= 15 is 0 Å². The number of carbonyl (C=O) groups excluding carboxylic acids is 1. The molecule has 2 aromatic rings. The fourth-order valence-corrected chi connectivity index (χ4v) is 3.81. The highest BCUT2D eigenvalue weighted by Crippen LogP contribution is 2.36. The summed E-state index contributed by atoms with van der Waals surface area (Å²) in [4.78, 5) is 26.1. The van der Waals surface area contributed by atoms with Gasteiger partial charge < -0.3 is 20.6 Å². The summed E-state index contributed by atoms with van der Waals surface area (Å²) in [5, 5.41) is 13.8. The van der Waals surface area contributed by atoms with Crippen molar-refractivity contribution in [3.8, 4) is 0 Å². The molecule has 0 spiro atoms. The van der Waals surface area contributed by atoms with Crippen molar-refractivity contribution in [3.05, 3.63) is 58.6 Å². The Bertz CT molecular complexity index is 1100. The normalized spacial score (nSPS) is 11.8. The lowest BCUT2D eigenvalue weighted by Gasteiger charge is -2.28. The van der Waals surface area contributed by atoms with E-state index in [0.717, 1.165) is 62.7 Å². The maximum atomic E-state index is 13.2. The number of halogens is 4. The second kappa shape index (κ2) is 13.2. The van der Waals surface area contributed by atoms with E-state index in [0.29, 0.717) is 16.8 Å². The van der Waals surface area contributed by atoms with Crippen LogP contribution in [0.25, 0.3) is 5.57 Å². The van der Waals surface area contributed by atoms with Crippen LogP contribution in [0.4, 0.5) is 35.0 Å². The van der Waals surface area contributed by atoms with Gasteiger partial charge in [0.25, 0.3) is 0 Å². The van der Waals surface area contributed by atoms with Gasteiger partial charge in [-0.05, 0) is 61.2 Å². The Morgan fingerprint density at radius 3 is 2.22 bits per heavy atom. The van der Waals surface area contributed by atoms with Gasteiger partial charge in [-0.1, -0.05) is 44.4 Å². The van der Waals surface area contributed by atoms with Crippen LogP contribution in [0.15, 0.2) is 42.5 Å². The SMILES string of the molecule is CCCCN(CCCC)c1ccc(/C(C)=C/C(=O)O)cc1NC(=O)Nc1ccc(Cl)c(C(F)(F)F)c1. The number of benzene rings is 2. The molecular formula is C26H31ClF3N3O3. The van der Waals surface area contributed by atoms with Crippen LogP contribution in [0, 0.1) is 0 Å². The minimum Gasteiger partial charge on any atom is -0.478 e. The summed E-state index contributed by atoms with van der Waals surface area (Å²) in [5.41, 5.74) is 1.11. The van der Waals surface area contributed by atoms with Crippen LogP contribution >= 0.6 is 11.6 Å². The molecule has 196 valence electrons. The predicted octanol–water partition coefficient (Wildman–Crippen LogP) is 7.90. The second-order valence-corrected chi connectivity index (χ2v) is 8.77. The van der Waals surface area contributed by atoms with Gasteiger partial charge in [-0.2, -0.15) is 13.2 Å². The van der Waals surface area contributed by atoms with Gasteiger partial charge in [0.1, 0.15) is 0 Å². The van der Waals surface area contributed by atoms with Crippen molar-refractivity contribution in [1.82, 2.24) is 0 Å². The first-order valence-corrected chi connectivity index (χ1v) is 12.1. The lowest BCUT2D eigenvalue weighted by atomic mass is 10.0. The van der Waals surface area contributed by atoms with Crippen LogP contribution in [0.2, 0.25) is 5.02 Å². The topological polar surface area (TPSA) is 81.7 Å². The smallest absolute Gasteiger partial charge is 0.417 e. The van der Waals surface area contributed by atoms with Crippen LogP contribution in [0.1, 0.15) is 57.6 Å². The minimum atomic E-state index is -4.67. The summed E-state index contributed by atoms with van der Waals surface area (Å²) in [6.07, 6.45) is 0.210. The fourth-order valence-electron chi connectivity index (χ4n) is 3.58. The van der Waals surface area contributed by atoms with Crippen LogP contribution < -0.4 is 15.5 Å². The molecule has 0 aliphatic heterocycles. The van der Waals surface area contributed by atoms with E-state index in [9.17, 15) is 22.8 Å². The maximum absolute atomic E-state index is 13.2. The molecule has 0 aliphatic carbocycles. The maximum Gasteiger partial charge on any atom is 0.417 e. The summed E-state index contributed by atoms with van der Waals surface area (Å²) in [6, 6.07) is 7.65. The number of alkyl halides is 3. The van der Waals surface area contributed by atoms with Crippen molar-refractivity contribution < 1.29 is 27.9 Å². The number of anilines is 3. The number of amides is 2. The van der Waals surface area contributed by atoms with Crippen molar-refractivity contribution in [3.63, 3.8) is 0 Å². The highest BCUT2D eigenvalue weighted by molar-refractivity contribution is 6.31. The minimum absolute atomic E-state index is 0.0716. The van der Waals surface area contributed by atoms with Crippen molar-refractivity contribution in [1.29, 1.82) is 0 Å². The average molecular weight is 526 g/mol. The van der Waals surface area contributed by atoms with E-state index in [1.807, 2.05) is 6.07 Å². The van der Waals surface area contributed by atoms with Gasteiger partial charge in [0.2, 0.25) is 0 Å². The Morgan fingerprint density at radius 1 is 1.03 bits per heavy atom. The molecular weight excluding hydrogens is 495 g/mol. The molecule has 0 aliphatic rings. The van der Waals surface area contributed by atoms with Crippen LogP contribution in [0.3, 0.4) is 0 Å². The van der Waals surface area contributed by atoms with Gasteiger partial charge in [0, 0.05) is 24.9 Å². The van der Waals surface area contributed by atoms with E-state index < -0.39 is 28.8 Å². The number of rotatable bonds is 11. The monoisotopic (exact) mass is 525 g/mol. The zero-order valence-corrected chi connectivity index (χ0v) is 21.3. The van der Waals surface area contributed by atoms with E-state index in [1.165, 1.54) is 6.07 Å². The molecule has 36 heavy (non-hydrogen) atoms. The number of nitrogens with zero attached hydrogens (tertiary/aromatic N) is 1. The third kappa shape index (κ3) is 8.48. The number of carbonyl (C=O) groups is 2. The molecule has 2 aromatic carbocycles. The lowest BCUT2D eigenvalue weighted by Crippen LogP contribution is -2.28. The number of unbranched alkanes of at least 4 members (excludes halogenated alkanes) is 2. The molecule has 0 unspecified atom stereocenters. The molecule has 2 amide bonds. The molecule has 0 bridgehead atoms. The molecule has 2 rings (SSSR count). The van der Waals surface area contributed by atoms with Gasteiger partial charge in [-0.3, -0.25) is 0 Å². The first-order chi connectivity index (χ1) is 17.0. The molecule has 0 saturated carbocycles. The summed E-state index contributed by atoms with van der Waals surface area (Å²) < 4.78 is 39.6. The number of nitrogens with one attached hydrogen (secondary N) is 2. The molecule has 10 heteroatoms. The number of allylic oxidation sites excluding steroid dienone is 1. The average Bonchev–Trinajstić information content (AvgIpc) is 2.79. The number of urea groups is 1. The molecule has 0 heterocycles.